The van der Waals surface area contributed by atoms with Gasteiger partial charge in [-0.1, -0.05) is 12.1 Å². The third-order valence-electron chi connectivity index (χ3n) is 5.74. The van der Waals surface area contributed by atoms with Crippen molar-refractivity contribution in [3.8, 4) is 17.4 Å². The number of carbonyl (C=O) groups is 1. The Kier molecular flexibility index (Phi) is 5.62. The average molecular weight is 435 g/mol. The Morgan fingerprint density at radius 1 is 1.19 bits per heavy atom. The number of para-hydroxylation sites is 2. The third-order valence-corrected chi connectivity index (χ3v) is 5.74. The van der Waals surface area contributed by atoms with E-state index in [-0.39, 0.29) is 11.9 Å². The summed E-state index contributed by atoms with van der Waals surface area (Å²) in [7, 11) is 0. The van der Waals surface area contributed by atoms with Crippen LogP contribution in [0.1, 0.15) is 31.4 Å². The van der Waals surface area contributed by atoms with Gasteiger partial charge in [0.1, 0.15) is 12.1 Å². The van der Waals surface area contributed by atoms with Crippen molar-refractivity contribution in [1.29, 1.82) is 0 Å². The number of rotatable bonds is 6. The summed E-state index contributed by atoms with van der Waals surface area (Å²) < 4.78 is 13.2. The second-order valence-corrected chi connectivity index (χ2v) is 8.10. The maximum Gasteiger partial charge on any atom is 0.258 e. The maximum absolute atomic E-state index is 12.7. The predicted octanol–water partition coefficient (Wildman–Crippen LogP) is 2.63. The SMILES string of the molecule is Cc1cc(N2CCCCC2CC(=O)NCC2Oc3ccccc3O2)nc(-n2ccnc2)n1. The Hall–Kier alpha value is -3.62. The molecule has 0 radical (unpaired) electrons. The Bertz CT molecular complexity index is 1060. The molecule has 1 saturated heterocycles. The van der Waals surface area contributed by atoms with Gasteiger partial charge in [0.15, 0.2) is 11.5 Å². The molecule has 2 aliphatic heterocycles. The molecule has 1 amide bonds. The molecule has 1 atom stereocenters. The first-order chi connectivity index (χ1) is 15.7. The van der Waals surface area contributed by atoms with Gasteiger partial charge < -0.3 is 19.7 Å². The second-order valence-electron chi connectivity index (χ2n) is 8.10. The lowest BCUT2D eigenvalue weighted by atomic mass is 9.99. The smallest absolute Gasteiger partial charge is 0.258 e. The minimum atomic E-state index is -0.499. The first kappa shape index (κ1) is 20.3. The highest BCUT2D eigenvalue weighted by atomic mass is 16.7. The highest BCUT2D eigenvalue weighted by molar-refractivity contribution is 5.77. The molecule has 9 heteroatoms. The van der Waals surface area contributed by atoms with E-state index < -0.39 is 6.29 Å². The van der Waals surface area contributed by atoms with Crippen molar-refractivity contribution in [2.75, 3.05) is 18.0 Å². The van der Waals surface area contributed by atoms with E-state index in [2.05, 4.69) is 20.2 Å². The molecule has 1 fully saturated rings. The molecule has 0 spiro atoms. The van der Waals surface area contributed by atoms with Crippen molar-refractivity contribution in [3.63, 3.8) is 0 Å². The van der Waals surface area contributed by atoms with Crippen LogP contribution in [-0.2, 0) is 4.79 Å². The Balaban J connectivity index is 1.23. The lowest BCUT2D eigenvalue weighted by molar-refractivity contribution is -0.122. The zero-order valence-corrected chi connectivity index (χ0v) is 18.0. The monoisotopic (exact) mass is 434 g/mol. The molecule has 166 valence electrons. The van der Waals surface area contributed by atoms with Crippen molar-refractivity contribution >= 4 is 11.7 Å². The number of nitrogens with one attached hydrogen (secondary N) is 1. The molecule has 2 aromatic heterocycles. The third kappa shape index (κ3) is 4.37. The average Bonchev–Trinajstić information content (AvgIpc) is 3.47. The van der Waals surface area contributed by atoms with E-state index in [0.717, 1.165) is 37.3 Å². The van der Waals surface area contributed by atoms with E-state index in [4.69, 9.17) is 14.5 Å². The summed E-state index contributed by atoms with van der Waals surface area (Å²) in [6, 6.07) is 9.57. The number of anilines is 1. The van der Waals surface area contributed by atoms with E-state index >= 15 is 0 Å². The van der Waals surface area contributed by atoms with E-state index in [1.165, 1.54) is 0 Å². The zero-order chi connectivity index (χ0) is 21.9. The van der Waals surface area contributed by atoms with Crippen LogP contribution in [0.3, 0.4) is 0 Å². The van der Waals surface area contributed by atoms with Crippen LogP contribution < -0.4 is 19.7 Å². The standard InChI is InChI=1S/C23H26N6O3/c1-16-12-20(27-23(26-16)28-11-9-24-15-28)29-10-5-4-6-17(29)13-21(30)25-14-22-31-18-7-2-3-8-19(18)32-22/h2-3,7-9,11-12,15,17,22H,4-6,10,13-14H2,1H3,(H,25,30). The van der Waals surface area contributed by atoms with Gasteiger partial charge in [-0.3, -0.25) is 9.36 Å². The lowest BCUT2D eigenvalue weighted by Gasteiger charge is -2.36. The fourth-order valence-electron chi connectivity index (χ4n) is 4.21. The normalized spacial score (nSPS) is 18.0. The fraction of sp³-hybridized carbons (Fsp3) is 0.391. The van der Waals surface area contributed by atoms with Crippen LogP contribution in [0.25, 0.3) is 5.95 Å². The Morgan fingerprint density at radius 2 is 2.00 bits per heavy atom. The summed E-state index contributed by atoms with van der Waals surface area (Å²) in [4.78, 5) is 28.3. The van der Waals surface area contributed by atoms with Gasteiger partial charge in [0.2, 0.25) is 11.9 Å². The number of hydrogen-bond acceptors (Lipinski definition) is 7. The van der Waals surface area contributed by atoms with Crippen LogP contribution in [0, 0.1) is 6.92 Å². The van der Waals surface area contributed by atoms with Crippen molar-refractivity contribution < 1.29 is 14.3 Å². The van der Waals surface area contributed by atoms with Crippen LogP contribution in [-0.4, -0.2) is 50.8 Å². The van der Waals surface area contributed by atoms with Crippen molar-refractivity contribution in [1.82, 2.24) is 24.8 Å². The lowest BCUT2D eigenvalue weighted by Crippen LogP contribution is -2.45. The second kappa shape index (κ2) is 8.86. The van der Waals surface area contributed by atoms with E-state index in [1.54, 1.807) is 17.1 Å². The van der Waals surface area contributed by atoms with E-state index in [0.29, 0.717) is 30.4 Å². The number of fused-ring (bicyclic) bond motifs is 1. The number of amides is 1. The van der Waals surface area contributed by atoms with E-state index in [9.17, 15) is 4.79 Å². The van der Waals surface area contributed by atoms with Crippen molar-refractivity contribution in [2.45, 2.75) is 44.9 Å². The molecule has 32 heavy (non-hydrogen) atoms. The van der Waals surface area contributed by atoms with Crippen LogP contribution in [0.2, 0.25) is 0 Å². The summed E-state index contributed by atoms with van der Waals surface area (Å²) >= 11 is 0. The first-order valence-corrected chi connectivity index (χ1v) is 11.0. The first-order valence-electron chi connectivity index (χ1n) is 11.0. The molecule has 5 rings (SSSR count). The quantitative estimate of drug-likeness (QED) is 0.637. The predicted molar refractivity (Wildman–Crippen MR) is 118 cm³/mol. The highest BCUT2D eigenvalue weighted by Gasteiger charge is 2.28. The molecule has 0 bridgehead atoms. The summed E-state index contributed by atoms with van der Waals surface area (Å²) in [6.45, 7) is 3.12. The van der Waals surface area contributed by atoms with Gasteiger partial charge in [-0.25, -0.2) is 9.97 Å². The minimum absolute atomic E-state index is 0.0225. The van der Waals surface area contributed by atoms with Crippen LogP contribution in [0.5, 0.6) is 11.5 Å². The van der Waals surface area contributed by atoms with Gasteiger partial charge in [-0.2, -0.15) is 4.98 Å². The van der Waals surface area contributed by atoms with Gasteiger partial charge in [0.25, 0.3) is 6.29 Å². The number of ether oxygens (including phenoxy) is 2. The number of hydrogen-bond donors (Lipinski definition) is 1. The maximum atomic E-state index is 12.7. The number of benzene rings is 1. The summed E-state index contributed by atoms with van der Waals surface area (Å²) in [5, 5.41) is 2.96. The molecule has 0 aliphatic carbocycles. The number of carbonyl (C=O) groups excluding carboxylic acids is 1. The van der Waals surface area contributed by atoms with Crippen molar-refractivity contribution in [3.05, 3.63) is 54.7 Å². The molecular weight excluding hydrogens is 408 g/mol. The number of nitrogens with zero attached hydrogens (tertiary/aromatic N) is 5. The Morgan fingerprint density at radius 3 is 2.75 bits per heavy atom. The van der Waals surface area contributed by atoms with Gasteiger partial charge in [-0.05, 0) is 38.3 Å². The molecule has 3 aromatic rings. The number of imidazole rings is 1. The Labute approximate surface area is 186 Å². The van der Waals surface area contributed by atoms with Gasteiger partial charge >= 0.3 is 0 Å². The molecule has 0 saturated carbocycles. The molecule has 1 N–H and O–H groups in total. The molecule has 1 unspecified atom stereocenters. The fourth-order valence-corrected chi connectivity index (χ4v) is 4.21. The molecule has 2 aliphatic rings. The van der Waals surface area contributed by atoms with Crippen LogP contribution in [0.4, 0.5) is 5.82 Å². The molecule has 4 heterocycles. The minimum Gasteiger partial charge on any atom is -0.449 e. The van der Waals surface area contributed by atoms with Gasteiger partial charge in [0, 0.05) is 43.2 Å². The topological polar surface area (TPSA) is 94.4 Å². The van der Waals surface area contributed by atoms with Gasteiger partial charge in [-0.15, -0.1) is 0 Å². The summed E-state index contributed by atoms with van der Waals surface area (Å²) in [5.74, 6) is 2.82. The molecule has 1 aromatic carbocycles. The zero-order valence-electron chi connectivity index (χ0n) is 18.0. The van der Waals surface area contributed by atoms with E-state index in [1.807, 2.05) is 43.5 Å². The number of aryl methyl sites for hydroxylation is 1. The van der Waals surface area contributed by atoms with Crippen LogP contribution in [0.15, 0.2) is 49.1 Å². The van der Waals surface area contributed by atoms with Gasteiger partial charge in [0.05, 0.1) is 6.54 Å². The van der Waals surface area contributed by atoms with Crippen LogP contribution >= 0.6 is 0 Å². The summed E-state index contributed by atoms with van der Waals surface area (Å²) in [6.07, 6.45) is 8.22. The number of piperidine rings is 1. The summed E-state index contributed by atoms with van der Waals surface area (Å²) in [5.41, 5.74) is 0.877. The van der Waals surface area contributed by atoms with Crippen molar-refractivity contribution in [2.24, 2.45) is 0 Å². The molecular formula is C23H26N6O3. The number of aromatic nitrogens is 4. The highest BCUT2D eigenvalue weighted by Crippen LogP contribution is 2.33. The molecule has 9 nitrogen and oxygen atoms in total. The largest absolute Gasteiger partial charge is 0.449 e.